The van der Waals surface area contributed by atoms with Crippen molar-refractivity contribution in [2.24, 2.45) is 0 Å². The molecule has 0 fully saturated rings. The second kappa shape index (κ2) is 19.4. The molecule has 7 heteroatoms. The third kappa shape index (κ3) is 15.9. The quantitative estimate of drug-likeness (QED) is 0.225. The normalized spacial score (nSPS) is 9.16. The summed E-state index contributed by atoms with van der Waals surface area (Å²) in [5, 5.41) is 0. The molecule has 0 unspecified atom stereocenters. The maximum atomic E-state index is 11.2. The molecule has 37 heavy (non-hydrogen) atoms. The summed E-state index contributed by atoms with van der Waals surface area (Å²) in [5.74, 6) is -0.606. The number of ketones is 6. The van der Waals surface area contributed by atoms with Crippen LogP contribution in [0, 0.1) is 49.4 Å². The molecule has 3 aromatic rings. The molecular weight excluding hydrogens is 608 g/mol. The summed E-state index contributed by atoms with van der Waals surface area (Å²) in [5.41, 5.74) is 1.81. The number of carbonyl (C=O) groups is 6. The Hall–Kier alpha value is -2.74. The van der Waals surface area contributed by atoms with E-state index in [0.29, 0.717) is 16.7 Å². The largest absolute Gasteiger partial charge is 0.300 e. The van der Waals surface area contributed by atoms with Gasteiger partial charge in [0.15, 0.2) is 17.3 Å². The van der Waals surface area contributed by atoms with Gasteiger partial charge in [-0.3, -0.25) is 28.8 Å². The van der Waals surface area contributed by atoms with E-state index in [2.05, 4.69) is 0 Å². The molecule has 0 bridgehead atoms. The smallest absolute Gasteiger partial charge is 0.170 e. The van der Waals surface area contributed by atoms with Gasteiger partial charge in [0.25, 0.3) is 0 Å². The first-order valence-electron chi connectivity index (χ1n) is 11.3. The third-order valence-electron chi connectivity index (χ3n) is 4.52. The molecule has 0 saturated heterocycles. The molecule has 0 amide bonds. The molecule has 0 spiro atoms. The summed E-state index contributed by atoms with van der Waals surface area (Å²) in [6.45, 7) is 4.25. The molecule has 0 aliphatic heterocycles. The Labute approximate surface area is 258 Å². The van der Waals surface area contributed by atoms with E-state index in [0.717, 1.165) is 0 Å². The van der Waals surface area contributed by atoms with E-state index < -0.39 is 0 Å². The molecule has 0 aliphatic carbocycles. The average molecular weight is 639 g/mol. The summed E-state index contributed by atoms with van der Waals surface area (Å²) in [7, 11) is 0. The van der Waals surface area contributed by atoms with Crippen LogP contribution in [-0.2, 0) is 14.4 Å². The van der Waals surface area contributed by atoms with E-state index in [1.165, 1.54) is 20.8 Å². The topological polar surface area (TPSA) is 102 Å². The van der Waals surface area contributed by atoms with Crippen LogP contribution in [-0.4, -0.2) is 34.7 Å². The van der Waals surface area contributed by atoms with Crippen LogP contribution in [0.3, 0.4) is 0 Å². The van der Waals surface area contributed by atoms with Crippen LogP contribution in [0.4, 0.5) is 0 Å². The molecule has 0 atom stereocenters. The standard InChI is InChI=1S/3C10H10O2.Eu/c3*1-8(11)7-10(12)9-5-3-2-4-6-9;/h3*2-6H,7H2,1H3;. The van der Waals surface area contributed by atoms with Crippen molar-refractivity contribution in [3.05, 3.63) is 108 Å². The third-order valence-corrected chi connectivity index (χ3v) is 4.52. The first-order valence-corrected chi connectivity index (χ1v) is 11.3. The summed E-state index contributed by atoms with van der Waals surface area (Å²) >= 11 is 0. The van der Waals surface area contributed by atoms with E-state index >= 15 is 0 Å². The Morgan fingerprint density at radius 2 is 0.595 bits per heavy atom. The first-order chi connectivity index (χ1) is 17.1. The van der Waals surface area contributed by atoms with Crippen molar-refractivity contribution in [2.75, 3.05) is 0 Å². The van der Waals surface area contributed by atoms with Gasteiger partial charge in [0, 0.05) is 66.1 Å². The van der Waals surface area contributed by atoms with Gasteiger partial charge in [-0.05, 0) is 20.8 Å². The molecule has 6 nitrogen and oxygen atoms in total. The van der Waals surface area contributed by atoms with Gasteiger partial charge >= 0.3 is 0 Å². The van der Waals surface area contributed by atoms with E-state index in [9.17, 15) is 28.8 Å². The number of hydrogen-bond acceptors (Lipinski definition) is 6. The van der Waals surface area contributed by atoms with Gasteiger partial charge in [-0.25, -0.2) is 0 Å². The number of rotatable bonds is 9. The Morgan fingerprint density at radius 3 is 0.757 bits per heavy atom. The molecular formula is C30H30EuO6. The van der Waals surface area contributed by atoms with Crippen molar-refractivity contribution in [1.29, 1.82) is 0 Å². The van der Waals surface area contributed by atoms with Crippen molar-refractivity contribution in [3.8, 4) is 0 Å². The van der Waals surface area contributed by atoms with Crippen molar-refractivity contribution >= 4 is 34.7 Å². The number of Topliss-reactive ketones (excluding diaryl/α,β-unsaturated/α-hetero) is 6. The Morgan fingerprint density at radius 1 is 0.405 bits per heavy atom. The minimum atomic E-state index is -0.108. The van der Waals surface area contributed by atoms with Crippen LogP contribution in [0.5, 0.6) is 0 Å². The molecule has 0 heterocycles. The fourth-order valence-corrected chi connectivity index (χ4v) is 2.86. The minimum Gasteiger partial charge on any atom is -0.300 e. The average Bonchev–Trinajstić information content (AvgIpc) is 2.85. The zero-order valence-corrected chi connectivity index (χ0v) is 23.5. The number of hydrogen-bond donors (Lipinski definition) is 0. The van der Waals surface area contributed by atoms with Gasteiger partial charge < -0.3 is 0 Å². The van der Waals surface area contributed by atoms with Crippen molar-refractivity contribution in [3.63, 3.8) is 0 Å². The summed E-state index contributed by atoms with van der Waals surface area (Å²) < 4.78 is 0. The Kier molecular flexibility index (Phi) is 18.0. The molecule has 0 aromatic heterocycles. The number of carbonyl (C=O) groups excluding carboxylic acids is 6. The van der Waals surface area contributed by atoms with Crippen LogP contribution >= 0.6 is 0 Å². The van der Waals surface area contributed by atoms with Crippen LogP contribution in [0.2, 0.25) is 0 Å². The van der Waals surface area contributed by atoms with E-state index in [1.807, 2.05) is 18.2 Å². The second-order valence-electron chi connectivity index (χ2n) is 8.00. The predicted molar refractivity (Wildman–Crippen MR) is 138 cm³/mol. The molecule has 193 valence electrons. The monoisotopic (exact) mass is 639 g/mol. The van der Waals surface area contributed by atoms with Gasteiger partial charge in [0.2, 0.25) is 0 Å². The Balaban J connectivity index is 0.000000518. The zero-order valence-electron chi connectivity index (χ0n) is 21.1. The zero-order chi connectivity index (χ0) is 26.9. The van der Waals surface area contributed by atoms with Crippen LogP contribution in [0.15, 0.2) is 91.0 Å². The molecule has 0 N–H and O–H groups in total. The Bertz CT molecular complexity index is 1020. The molecule has 3 rings (SSSR count). The maximum Gasteiger partial charge on any atom is 0.170 e. The van der Waals surface area contributed by atoms with Crippen molar-refractivity contribution in [1.82, 2.24) is 0 Å². The SMILES string of the molecule is CC(=O)CC(=O)c1ccccc1.CC(=O)CC(=O)c1ccccc1.CC(=O)CC(=O)c1ccccc1.[Eu]. The molecule has 3 aromatic carbocycles. The summed E-state index contributed by atoms with van der Waals surface area (Å²) in [6.07, 6.45) is 0.0119. The van der Waals surface area contributed by atoms with Gasteiger partial charge in [-0.15, -0.1) is 0 Å². The fraction of sp³-hybridized carbons (Fsp3) is 0.200. The second-order valence-corrected chi connectivity index (χ2v) is 8.00. The molecule has 1 radical (unpaired) electrons. The van der Waals surface area contributed by atoms with Gasteiger partial charge in [0.05, 0.1) is 19.3 Å². The van der Waals surface area contributed by atoms with Crippen LogP contribution in [0.25, 0.3) is 0 Å². The van der Waals surface area contributed by atoms with Crippen LogP contribution in [0.1, 0.15) is 71.1 Å². The van der Waals surface area contributed by atoms with E-state index in [1.54, 1.807) is 72.8 Å². The maximum absolute atomic E-state index is 11.2. The first kappa shape index (κ1) is 34.3. The van der Waals surface area contributed by atoms with E-state index in [4.69, 9.17) is 0 Å². The minimum absolute atomic E-state index is 0. The summed E-state index contributed by atoms with van der Waals surface area (Å²) in [6, 6.07) is 26.5. The molecule has 0 saturated carbocycles. The summed E-state index contributed by atoms with van der Waals surface area (Å²) in [4.78, 5) is 65.5. The predicted octanol–water partition coefficient (Wildman–Crippen LogP) is 5.55. The van der Waals surface area contributed by atoms with Gasteiger partial charge in [0.1, 0.15) is 17.3 Å². The van der Waals surface area contributed by atoms with E-state index in [-0.39, 0.29) is 103 Å². The number of benzene rings is 3. The van der Waals surface area contributed by atoms with Crippen molar-refractivity contribution < 1.29 is 78.1 Å². The van der Waals surface area contributed by atoms with Crippen LogP contribution < -0.4 is 0 Å². The van der Waals surface area contributed by atoms with Gasteiger partial charge in [-0.1, -0.05) is 91.0 Å². The van der Waals surface area contributed by atoms with Crippen molar-refractivity contribution in [2.45, 2.75) is 40.0 Å². The molecule has 0 aliphatic rings. The van der Waals surface area contributed by atoms with Gasteiger partial charge in [-0.2, -0.15) is 0 Å². The fourth-order valence-electron chi connectivity index (χ4n) is 2.86.